The van der Waals surface area contributed by atoms with E-state index < -0.39 is 5.91 Å². The lowest BCUT2D eigenvalue weighted by Crippen LogP contribution is -2.11. The molecule has 5 heteroatoms. The van der Waals surface area contributed by atoms with Crippen molar-refractivity contribution in [1.82, 2.24) is 4.57 Å². The highest BCUT2D eigenvalue weighted by molar-refractivity contribution is 6.39. The van der Waals surface area contributed by atoms with Gasteiger partial charge >= 0.3 is 0 Å². The smallest absolute Gasteiger partial charge is 0.249 e. The molecule has 0 spiro atoms. The number of nitrogens with two attached hydrogens (primary N) is 1. The minimum atomic E-state index is -0.462. The molecule has 31 heavy (non-hydrogen) atoms. The van der Waals surface area contributed by atoms with Crippen LogP contribution < -0.4 is 5.73 Å². The van der Waals surface area contributed by atoms with Gasteiger partial charge in [0, 0.05) is 38.5 Å². The van der Waals surface area contributed by atoms with E-state index in [1.54, 1.807) is 6.07 Å². The van der Waals surface area contributed by atoms with Gasteiger partial charge in [-0.25, -0.2) is 0 Å². The second-order valence-electron chi connectivity index (χ2n) is 7.38. The van der Waals surface area contributed by atoms with Crippen LogP contribution in [0.2, 0.25) is 10.0 Å². The van der Waals surface area contributed by atoms with Crippen molar-refractivity contribution in [3.8, 4) is 11.1 Å². The fourth-order valence-electron chi connectivity index (χ4n) is 4.12. The molecule has 0 aliphatic rings. The second kappa shape index (κ2) is 7.77. The molecular formula is C26H17Cl2N2O. The van der Waals surface area contributed by atoms with E-state index in [-0.39, 0.29) is 0 Å². The molecule has 0 aliphatic carbocycles. The van der Waals surface area contributed by atoms with Crippen molar-refractivity contribution in [1.29, 1.82) is 0 Å². The molecule has 151 valence electrons. The van der Waals surface area contributed by atoms with Crippen LogP contribution in [0, 0.1) is 6.07 Å². The van der Waals surface area contributed by atoms with Crippen molar-refractivity contribution in [2.45, 2.75) is 6.54 Å². The Labute approximate surface area is 189 Å². The van der Waals surface area contributed by atoms with Gasteiger partial charge in [0.15, 0.2) is 0 Å². The number of amides is 1. The Morgan fingerprint density at radius 2 is 1.61 bits per heavy atom. The van der Waals surface area contributed by atoms with Gasteiger partial charge in [0.1, 0.15) is 0 Å². The molecule has 3 nitrogen and oxygen atoms in total. The average Bonchev–Trinajstić information content (AvgIpc) is 3.07. The number of benzene rings is 4. The minimum Gasteiger partial charge on any atom is -0.366 e. The van der Waals surface area contributed by atoms with Crippen LogP contribution in [0.15, 0.2) is 78.9 Å². The normalized spacial score (nSPS) is 11.3. The Kier molecular flexibility index (Phi) is 4.93. The molecule has 0 fully saturated rings. The molecule has 0 saturated heterocycles. The molecule has 1 aromatic heterocycles. The maximum atomic E-state index is 12.2. The zero-order valence-corrected chi connectivity index (χ0v) is 17.9. The molecule has 0 bridgehead atoms. The Balaban J connectivity index is 1.84. The molecule has 0 atom stereocenters. The lowest BCUT2D eigenvalue weighted by molar-refractivity contribution is 0.100. The zero-order valence-electron chi connectivity index (χ0n) is 16.4. The fourth-order valence-corrected chi connectivity index (χ4v) is 4.73. The predicted molar refractivity (Wildman–Crippen MR) is 128 cm³/mol. The molecular weight excluding hydrogens is 427 g/mol. The Bertz CT molecular complexity index is 1440. The minimum absolute atomic E-state index is 0.462. The average molecular weight is 444 g/mol. The fraction of sp³-hybridized carbons (Fsp3) is 0.0385. The Morgan fingerprint density at radius 3 is 2.32 bits per heavy atom. The number of halogens is 2. The van der Waals surface area contributed by atoms with Crippen molar-refractivity contribution >= 4 is 50.9 Å². The molecule has 5 rings (SSSR count). The van der Waals surface area contributed by atoms with Gasteiger partial charge in [-0.1, -0.05) is 65.7 Å². The van der Waals surface area contributed by atoms with Crippen molar-refractivity contribution < 1.29 is 4.79 Å². The van der Waals surface area contributed by atoms with E-state index in [4.69, 9.17) is 28.9 Å². The first kappa shape index (κ1) is 19.7. The third kappa shape index (κ3) is 3.36. The molecule has 1 heterocycles. The van der Waals surface area contributed by atoms with Crippen LogP contribution in [-0.2, 0) is 6.54 Å². The van der Waals surface area contributed by atoms with Gasteiger partial charge in [-0.2, -0.15) is 0 Å². The topological polar surface area (TPSA) is 48.0 Å². The van der Waals surface area contributed by atoms with Crippen LogP contribution in [0.1, 0.15) is 15.9 Å². The lowest BCUT2D eigenvalue weighted by atomic mass is 10.0. The maximum absolute atomic E-state index is 12.2. The maximum Gasteiger partial charge on any atom is 0.249 e. The van der Waals surface area contributed by atoms with E-state index >= 15 is 0 Å². The Morgan fingerprint density at radius 1 is 0.903 bits per heavy atom. The number of hydrogen-bond donors (Lipinski definition) is 1. The van der Waals surface area contributed by atoms with Crippen LogP contribution >= 0.6 is 23.2 Å². The third-order valence-electron chi connectivity index (χ3n) is 5.49. The van der Waals surface area contributed by atoms with E-state index in [2.05, 4.69) is 22.8 Å². The summed E-state index contributed by atoms with van der Waals surface area (Å²) in [6.45, 7) is 0.636. The number of aromatic nitrogens is 1. The third-order valence-corrected chi connectivity index (χ3v) is 6.12. The summed E-state index contributed by atoms with van der Waals surface area (Å²) < 4.78 is 2.18. The van der Waals surface area contributed by atoms with Crippen molar-refractivity contribution in [2.24, 2.45) is 5.73 Å². The van der Waals surface area contributed by atoms with Crippen molar-refractivity contribution in [3.05, 3.63) is 106 Å². The zero-order chi connectivity index (χ0) is 21.5. The molecule has 1 radical (unpaired) electrons. The number of hydrogen-bond acceptors (Lipinski definition) is 1. The molecule has 0 saturated carbocycles. The van der Waals surface area contributed by atoms with Crippen LogP contribution in [-0.4, -0.2) is 10.5 Å². The molecule has 5 aromatic rings. The monoisotopic (exact) mass is 443 g/mol. The summed E-state index contributed by atoms with van der Waals surface area (Å²) in [5.41, 5.74) is 10.8. The second-order valence-corrected chi connectivity index (χ2v) is 8.20. The first-order valence-electron chi connectivity index (χ1n) is 9.79. The van der Waals surface area contributed by atoms with Crippen molar-refractivity contribution in [3.63, 3.8) is 0 Å². The summed E-state index contributed by atoms with van der Waals surface area (Å²) in [6, 6.07) is 28.5. The van der Waals surface area contributed by atoms with E-state index in [1.807, 2.05) is 60.7 Å². The van der Waals surface area contributed by atoms with Gasteiger partial charge in [-0.3, -0.25) is 4.79 Å². The van der Waals surface area contributed by atoms with Gasteiger partial charge in [0.05, 0.1) is 11.0 Å². The first-order valence-corrected chi connectivity index (χ1v) is 10.5. The Hall–Kier alpha value is -3.27. The van der Waals surface area contributed by atoms with E-state index in [0.29, 0.717) is 22.2 Å². The molecule has 4 aromatic carbocycles. The van der Waals surface area contributed by atoms with Gasteiger partial charge in [-0.05, 0) is 53.6 Å². The molecule has 2 N–H and O–H groups in total. The van der Waals surface area contributed by atoms with Crippen LogP contribution in [0.4, 0.5) is 0 Å². The first-order chi connectivity index (χ1) is 15.0. The van der Waals surface area contributed by atoms with Crippen LogP contribution in [0.25, 0.3) is 32.9 Å². The van der Waals surface area contributed by atoms with Gasteiger partial charge < -0.3 is 10.3 Å². The van der Waals surface area contributed by atoms with E-state index in [9.17, 15) is 4.79 Å². The van der Waals surface area contributed by atoms with E-state index in [0.717, 1.165) is 38.5 Å². The molecule has 1 amide bonds. The summed E-state index contributed by atoms with van der Waals surface area (Å²) in [5, 5.41) is 2.79. The van der Waals surface area contributed by atoms with Gasteiger partial charge in [-0.15, -0.1) is 0 Å². The lowest BCUT2D eigenvalue weighted by Gasteiger charge is -2.10. The van der Waals surface area contributed by atoms with Crippen molar-refractivity contribution in [2.75, 3.05) is 0 Å². The standard InChI is InChI=1S/C26H17Cl2N2O/c27-20-9-5-10-21(28)24(20)17-12-13-18-23(14-17)30(15-16-6-2-1-3-7-16)22-11-4-8-19(25(18)22)26(29)31/h1-12,14H,15H2,(H2,29,31). The number of fused-ring (bicyclic) bond motifs is 3. The van der Waals surface area contributed by atoms with Crippen LogP contribution in [0.3, 0.4) is 0 Å². The SMILES string of the molecule is NC(=O)c1cccc2c1c1[c]cc(-c3c(Cl)cccc3Cl)cc1n2Cc1ccccc1. The quantitative estimate of drug-likeness (QED) is 0.329. The summed E-state index contributed by atoms with van der Waals surface area (Å²) in [5.74, 6) is -0.462. The highest BCUT2D eigenvalue weighted by atomic mass is 35.5. The summed E-state index contributed by atoms with van der Waals surface area (Å²) in [6.07, 6.45) is 0. The van der Waals surface area contributed by atoms with Gasteiger partial charge in [0.25, 0.3) is 0 Å². The van der Waals surface area contributed by atoms with E-state index in [1.165, 1.54) is 0 Å². The molecule has 0 unspecified atom stereocenters. The van der Waals surface area contributed by atoms with Gasteiger partial charge in [0.2, 0.25) is 5.91 Å². The number of nitrogens with zero attached hydrogens (tertiary/aromatic N) is 1. The number of carbonyl (C=O) groups excluding carboxylic acids is 1. The number of rotatable bonds is 4. The molecule has 0 aliphatic heterocycles. The summed E-state index contributed by atoms with van der Waals surface area (Å²) in [4.78, 5) is 12.2. The highest BCUT2D eigenvalue weighted by Crippen LogP contribution is 2.39. The summed E-state index contributed by atoms with van der Waals surface area (Å²) >= 11 is 12.9. The van der Waals surface area contributed by atoms with Crippen LogP contribution in [0.5, 0.6) is 0 Å². The number of primary amides is 1. The predicted octanol–water partition coefficient (Wildman–Crippen LogP) is 6.72. The largest absolute Gasteiger partial charge is 0.366 e. The number of carbonyl (C=O) groups is 1. The highest BCUT2D eigenvalue weighted by Gasteiger charge is 2.18. The summed E-state index contributed by atoms with van der Waals surface area (Å²) in [7, 11) is 0.